The van der Waals surface area contributed by atoms with E-state index in [0.717, 1.165) is 0 Å². The lowest BCUT2D eigenvalue weighted by Gasteiger charge is -2.07. The highest BCUT2D eigenvalue weighted by atomic mass is 35.5. The average molecular weight is 363 g/mol. The average Bonchev–Trinajstić information content (AvgIpc) is 2.61. The van der Waals surface area contributed by atoms with Crippen LogP contribution in [0.4, 0.5) is 10.1 Å². The Morgan fingerprint density at radius 3 is 2.60 bits per heavy atom. The summed E-state index contributed by atoms with van der Waals surface area (Å²) in [5.74, 6) is -1.16. The van der Waals surface area contributed by atoms with Crippen molar-refractivity contribution < 1.29 is 18.7 Å². The minimum absolute atomic E-state index is 0.124. The van der Waals surface area contributed by atoms with Crippen molar-refractivity contribution in [3.8, 4) is 5.75 Å². The zero-order valence-electron chi connectivity index (χ0n) is 13.6. The molecule has 0 atom stereocenters. The number of hydrogen-bond donors (Lipinski definition) is 2. The van der Waals surface area contributed by atoms with E-state index in [2.05, 4.69) is 10.6 Å². The van der Waals surface area contributed by atoms with Gasteiger partial charge in [-0.25, -0.2) is 4.39 Å². The molecule has 0 fully saturated rings. The van der Waals surface area contributed by atoms with E-state index >= 15 is 0 Å². The zero-order valence-corrected chi connectivity index (χ0v) is 14.4. The number of benzene rings is 2. The second-order valence-corrected chi connectivity index (χ2v) is 5.40. The summed E-state index contributed by atoms with van der Waals surface area (Å²) in [5, 5.41) is 5.37. The van der Waals surface area contributed by atoms with Gasteiger partial charge >= 0.3 is 0 Å². The van der Waals surface area contributed by atoms with Gasteiger partial charge in [0.1, 0.15) is 0 Å². The van der Waals surface area contributed by atoms with E-state index in [1.165, 1.54) is 50.6 Å². The van der Waals surface area contributed by atoms with Gasteiger partial charge in [0.15, 0.2) is 11.6 Å². The largest absolute Gasteiger partial charge is 0.494 e. The van der Waals surface area contributed by atoms with Gasteiger partial charge in [0, 0.05) is 18.7 Å². The number of methoxy groups -OCH3 is 1. The van der Waals surface area contributed by atoms with Gasteiger partial charge in [-0.3, -0.25) is 9.59 Å². The fourth-order valence-corrected chi connectivity index (χ4v) is 2.20. The van der Waals surface area contributed by atoms with Crippen LogP contribution in [0.3, 0.4) is 0 Å². The summed E-state index contributed by atoms with van der Waals surface area (Å²) in [6.45, 7) is 0. The lowest BCUT2D eigenvalue weighted by atomic mass is 10.1. The lowest BCUT2D eigenvalue weighted by Crippen LogP contribution is -2.18. The number of ether oxygens (including phenoxy) is 1. The molecule has 130 valence electrons. The standard InChI is InChI=1S/C18H16ClFN2O3/c1-21-18(24)12-5-6-13(19)15(10-12)22-17(23)8-4-11-3-7-16(25-2)14(20)9-11/h3-10H,1-2H3,(H,21,24)(H,22,23). The first-order valence-corrected chi connectivity index (χ1v) is 7.66. The normalized spacial score (nSPS) is 10.6. The number of hydrogen-bond acceptors (Lipinski definition) is 3. The molecule has 0 heterocycles. The van der Waals surface area contributed by atoms with E-state index in [1.54, 1.807) is 12.1 Å². The van der Waals surface area contributed by atoms with Crippen LogP contribution in [0.2, 0.25) is 5.02 Å². The third kappa shape index (κ3) is 4.81. The molecular formula is C18H16ClFN2O3. The van der Waals surface area contributed by atoms with Crippen LogP contribution in [-0.2, 0) is 4.79 Å². The van der Waals surface area contributed by atoms with Gasteiger partial charge in [-0.2, -0.15) is 0 Å². The molecule has 2 aromatic carbocycles. The van der Waals surface area contributed by atoms with Crippen LogP contribution in [0.1, 0.15) is 15.9 Å². The van der Waals surface area contributed by atoms with E-state index in [1.807, 2.05) is 0 Å². The van der Waals surface area contributed by atoms with E-state index in [0.29, 0.717) is 21.8 Å². The number of rotatable bonds is 5. The molecule has 0 spiro atoms. The molecule has 2 rings (SSSR count). The molecule has 0 aliphatic heterocycles. The van der Waals surface area contributed by atoms with Crippen molar-refractivity contribution in [2.75, 3.05) is 19.5 Å². The van der Waals surface area contributed by atoms with Gasteiger partial charge < -0.3 is 15.4 Å². The predicted octanol–water partition coefficient (Wildman–Crippen LogP) is 3.50. The Hall–Kier alpha value is -2.86. The van der Waals surface area contributed by atoms with E-state index in [-0.39, 0.29) is 11.7 Å². The number of amides is 2. The molecule has 0 aliphatic rings. The molecule has 2 aromatic rings. The van der Waals surface area contributed by atoms with Gasteiger partial charge in [0.05, 0.1) is 17.8 Å². The fourth-order valence-electron chi connectivity index (χ4n) is 2.04. The SMILES string of the molecule is CNC(=O)c1ccc(Cl)c(NC(=O)C=Cc2ccc(OC)c(F)c2)c1. The molecule has 0 unspecified atom stereocenters. The molecular weight excluding hydrogens is 347 g/mol. The molecule has 2 N–H and O–H groups in total. The van der Waals surface area contributed by atoms with E-state index in [4.69, 9.17) is 16.3 Å². The van der Waals surface area contributed by atoms with Gasteiger partial charge in [-0.1, -0.05) is 17.7 Å². The van der Waals surface area contributed by atoms with Crippen molar-refractivity contribution in [1.82, 2.24) is 5.32 Å². The third-order valence-electron chi connectivity index (χ3n) is 3.32. The first kappa shape index (κ1) is 18.5. The molecule has 0 aliphatic carbocycles. The van der Waals surface area contributed by atoms with Crippen molar-refractivity contribution in [2.45, 2.75) is 0 Å². The first-order chi connectivity index (χ1) is 11.9. The molecule has 0 saturated heterocycles. The molecule has 0 aromatic heterocycles. The van der Waals surface area contributed by atoms with Crippen molar-refractivity contribution in [1.29, 1.82) is 0 Å². The third-order valence-corrected chi connectivity index (χ3v) is 3.65. The summed E-state index contributed by atoms with van der Waals surface area (Å²) < 4.78 is 18.4. The summed E-state index contributed by atoms with van der Waals surface area (Å²) in [4.78, 5) is 23.7. The smallest absolute Gasteiger partial charge is 0.251 e. The van der Waals surface area contributed by atoms with Gasteiger partial charge in [-0.15, -0.1) is 0 Å². The highest BCUT2D eigenvalue weighted by Gasteiger charge is 2.09. The Bertz CT molecular complexity index is 837. The number of carbonyl (C=O) groups is 2. The van der Waals surface area contributed by atoms with Crippen LogP contribution in [0.25, 0.3) is 6.08 Å². The van der Waals surface area contributed by atoms with Crippen LogP contribution < -0.4 is 15.4 Å². The Labute approximate surface area is 149 Å². The van der Waals surface area contributed by atoms with Gasteiger partial charge in [0.2, 0.25) is 5.91 Å². The highest BCUT2D eigenvalue weighted by molar-refractivity contribution is 6.34. The summed E-state index contributed by atoms with van der Waals surface area (Å²) in [6, 6.07) is 8.88. The lowest BCUT2D eigenvalue weighted by molar-refractivity contribution is -0.111. The van der Waals surface area contributed by atoms with Gasteiger partial charge in [-0.05, 0) is 42.0 Å². The first-order valence-electron chi connectivity index (χ1n) is 7.29. The van der Waals surface area contributed by atoms with Crippen LogP contribution >= 0.6 is 11.6 Å². The molecule has 25 heavy (non-hydrogen) atoms. The second-order valence-electron chi connectivity index (χ2n) is 4.99. The van der Waals surface area contributed by atoms with Crippen molar-refractivity contribution in [3.63, 3.8) is 0 Å². The summed E-state index contributed by atoms with van der Waals surface area (Å²) in [5.41, 5.74) is 1.17. The summed E-state index contributed by atoms with van der Waals surface area (Å²) >= 11 is 6.03. The zero-order chi connectivity index (χ0) is 18.4. The molecule has 0 bridgehead atoms. The Morgan fingerprint density at radius 2 is 1.96 bits per heavy atom. The molecule has 0 radical (unpaired) electrons. The number of carbonyl (C=O) groups excluding carboxylic acids is 2. The minimum Gasteiger partial charge on any atom is -0.494 e. The quantitative estimate of drug-likeness (QED) is 0.800. The van der Waals surface area contributed by atoms with Crippen LogP contribution in [0.5, 0.6) is 5.75 Å². The molecule has 7 heteroatoms. The fraction of sp³-hybridized carbons (Fsp3) is 0.111. The highest BCUT2D eigenvalue weighted by Crippen LogP contribution is 2.23. The van der Waals surface area contributed by atoms with Crippen molar-refractivity contribution in [2.24, 2.45) is 0 Å². The maximum atomic E-state index is 13.6. The van der Waals surface area contributed by atoms with Gasteiger partial charge in [0.25, 0.3) is 5.91 Å². The maximum absolute atomic E-state index is 13.6. The number of halogens is 2. The Kier molecular flexibility index (Phi) is 6.14. The van der Waals surface area contributed by atoms with E-state index < -0.39 is 11.7 Å². The van der Waals surface area contributed by atoms with Crippen LogP contribution in [0, 0.1) is 5.82 Å². The topological polar surface area (TPSA) is 67.4 Å². The molecule has 2 amide bonds. The molecule has 5 nitrogen and oxygen atoms in total. The predicted molar refractivity (Wildman–Crippen MR) is 95.5 cm³/mol. The monoisotopic (exact) mass is 362 g/mol. The maximum Gasteiger partial charge on any atom is 0.251 e. The van der Waals surface area contributed by atoms with Crippen molar-refractivity contribution >= 4 is 35.2 Å². The summed E-state index contributed by atoms with van der Waals surface area (Å²) in [6.07, 6.45) is 2.69. The van der Waals surface area contributed by atoms with Crippen LogP contribution in [-0.4, -0.2) is 26.0 Å². The van der Waals surface area contributed by atoms with Crippen LogP contribution in [0.15, 0.2) is 42.5 Å². The second kappa shape index (κ2) is 8.30. The Balaban J connectivity index is 2.12. The molecule has 0 saturated carbocycles. The Morgan fingerprint density at radius 1 is 1.20 bits per heavy atom. The van der Waals surface area contributed by atoms with E-state index in [9.17, 15) is 14.0 Å². The number of nitrogens with one attached hydrogen (secondary N) is 2. The minimum atomic E-state index is -0.522. The van der Waals surface area contributed by atoms with Crippen molar-refractivity contribution in [3.05, 3.63) is 64.4 Å². The number of anilines is 1. The summed E-state index contributed by atoms with van der Waals surface area (Å²) in [7, 11) is 2.88.